The Balaban J connectivity index is 1.37. The number of nitrogens with one attached hydrogen (secondary N) is 2. The summed E-state index contributed by atoms with van der Waals surface area (Å²) in [7, 11) is -3.29. The molecule has 1 aliphatic heterocycles. The van der Waals surface area contributed by atoms with Gasteiger partial charge >= 0.3 is 0 Å². The topological polar surface area (TPSA) is 61.4 Å². The maximum Gasteiger partial charge on any atom is 0.229 e. The van der Waals surface area contributed by atoms with Crippen molar-refractivity contribution in [3.63, 3.8) is 0 Å². The number of sulfonamides is 1. The van der Waals surface area contributed by atoms with E-state index in [9.17, 15) is 12.8 Å². The van der Waals surface area contributed by atoms with Gasteiger partial charge in [0.2, 0.25) is 10.0 Å². The van der Waals surface area contributed by atoms with Gasteiger partial charge in [0.25, 0.3) is 0 Å². The van der Waals surface area contributed by atoms with Crippen LogP contribution in [0.25, 0.3) is 0 Å². The fourth-order valence-corrected chi connectivity index (χ4v) is 4.97. The van der Waals surface area contributed by atoms with E-state index in [0.717, 1.165) is 49.9 Å². The molecule has 3 aromatic carbocycles. The van der Waals surface area contributed by atoms with E-state index in [-0.39, 0.29) is 5.82 Å². The van der Waals surface area contributed by atoms with Crippen LogP contribution in [-0.2, 0) is 36.0 Å². The monoisotopic (exact) mass is 467 g/mol. The van der Waals surface area contributed by atoms with E-state index in [4.69, 9.17) is 0 Å². The van der Waals surface area contributed by atoms with Crippen molar-refractivity contribution in [2.75, 3.05) is 24.1 Å². The second kappa shape index (κ2) is 10.5. The lowest BCUT2D eigenvalue weighted by atomic mass is 9.90. The summed E-state index contributed by atoms with van der Waals surface area (Å²) in [6.45, 7) is 3.26. The molecule has 0 radical (unpaired) electrons. The van der Waals surface area contributed by atoms with Crippen LogP contribution in [0.5, 0.6) is 0 Å². The average Bonchev–Trinajstić information content (AvgIpc) is 2.77. The number of hydrogen-bond acceptors (Lipinski definition) is 4. The number of fused-ring (bicyclic) bond motifs is 1. The Hall–Kier alpha value is -2.74. The van der Waals surface area contributed by atoms with E-state index in [1.54, 1.807) is 6.07 Å². The minimum absolute atomic E-state index is 0.204. The molecule has 0 fully saturated rings. The van der Waals surface area contributed by atoms with Gasteiger partial charge < -0.3 is 5.32 Å². The van der Waals surface area contributed by atoms with Crippen molar-refractivity contribution in [1.82, 2.24) is 10.2 Å². The first kappa shape index (κ1) is 23.4. The zero-order valence-corrected chi connectivity index (χ0v) is 19.6. The third-order valence-electron chi connectivity index (χ3n) is 5.98. The fraction of sp³-hybridized carbons (Fsp3) is 0.308. The third-order valence-corrected chi connectivity index (χ3v) is 6.59. The van der Waals surface area contributed by atoms with Gasteiger partial charge in [-0.05, 0) is 59.4 Å². The van der Waals surface area contributed by atoms with Crippen molar-refractivity contribution >= 4 is 15.7 Å². The largest absolute Gasteiger partial charge is 0.311 e. The second-order valence-electron chi connectivity index (χ2n) is 8.68. The lowest BCUT2D eigenvalue weighted by molar-refractivity contribution is 0.170. The molecule has 0 bridgehead atoms. The first-order chi connectivity index (χ1) is 15.9. The van der Waals surface area contributed by atoms with Gasteiger partial charge in [-0.2, -0.15) is 0 Å². The first-order valence-electron chi connectivity index (χ1n) is 11.2. The molecule has 0 saturated carbocycles. The SMILES string of the molecule is CS(=O)(=O)Nc1cccc(CNCCN2Cc3ccccc3CC2Cc2ccc(F)cc2)c1. The van der Waals surface area contributed by atoms with Gasteiger partial charge in [0, 0.05) is 37.9 Å². The summed E-state index contributed by atoms with van der Waals surface area (Å²) in [5.74, 6) is -0.204. The highest BCUT2D eigenvalue weighted by Gasteiger charge is 2.25. The van der Waals surface area contributed by atoms with Crippen LogP contribution < -0.4 is 10.0 Å². The summed E-state index contributed by atoms with van der Waals surface area (Å²) in [6, 6.07) is 23.2. The van der Waals surface area contributed by atoms with Crippen molar-refractivity contribution in [3.8, 4) is 0 Å². The van der Waals surface area contributed by atoms with E-state index in [2.05, 4.69) is 39.2 Å². The minimum Gasteiger partial charge on any atom is -0.311 e. The zero-order chi connectivity index (χ0) is 23.3. The Morgan fingerprint density at radius 3 is 2.48 bits per heavy atom. The molecule has 3 aromatic rings. The molecular weight excluding hydrogens is 437 g/mol. The Morgan fingerprint density at radius 1 is 0.970 bits per heavy atom. The minimum atomic E-state index is -3.29. The molecule has 0 spiro atoms. The summed E-state index contributed by atoms with van der Waals surface area (Å²) in [5.41, 5.74) is 5.50. The van der Waals surface area contributed by atoms with Crippen LogP contribution in [0.3, 0.4) is 0 Å². The Bertz CT molecular complexity index is 1180. The highest BCUT2D eigenvalue weighted by atomic mass is 32.2. The standard InChI is InChI=1S/C26H30FN3O2S/c1-33(31,32)29-25-8-4-5-21(15-25)18-28-13-14-30-19-23-7-3-2-6-22(23)17-26(30)16-20-9-11-24(27)12-10-20/h2-12,15,26,28-29H,13-14,16-19H2,1H3. The number of hydrogen-bond donors (Lipinski definition) is 2. The van der Waals surface area contributed by atoms with E-state index < -0.39 is 10.0 Å². The van der Waals surface area contributed by atoms with Gasteiger partial charge in [0.15, 0.2) is 0 Å². The molecule has 2 N–H and O–H groups in total. The Kier molecular flexibility index (Phi) is 7.42. The van der Waals surface area contributed by atoms with Crippen LogP contribution in [-0.4, -0.2) is 38.7 Å². The second-order valence-corrected chi connectivity index (χ2v) is 10.4. The van der Waals surface area contributed by atoms with Crippen molar-refractivity contribution in [3.05, 3.63) is 101 Å². The molecule has 0 saturated heterocycles. The predicted octanol–water partition coefficient (Wildman–Crippen LogP) is 3.96. The molecule has 33 heavy (non-hydrogen) atoms. The summed E-state index contributed by atoms with van der Waals surface area (Å²) in [4.78, 5) is 2.50. The van der Waals surface area contributed by atoms with Gasteiger partial charge in [-0.3, -0.25) is 9.62 Å². The maximum absolute atomic E-state index is 13.3. The van der Waals surface area contributed by atoms with Crippen LogP contribution in [0, 0.1) is 5.82 Å². The normalized spacial score (nSPS) is 16.4. The zero-order valence-electron chi connectivity index (χ0n) is 18.8. The fourth-order valence-electron chi connectivity index (χ4n) is 4.41. The third kappa shape index (κ3) is 6.87. The summed E-state index contributed by atoms with van der Waals surface area (Å²) >= 11 is 0. The number of anilines is 1. The van der Waals surface area contributed by atoms with Crippen LogP contribution in [0.2, 0.25) is 0 Å². The predicted molar refractivity (Wildman–Crippen MR) is 131 cm³/mol. The molecule has 0 amide bonds. The Morgan fingerprint density at radius 2 is 1.73 bits per heavy atom. The average molecular weight is 468 g/mol. The summed E-state index contributed by atoms with van der Waals surface area (Å²) in [5, 5.41) is 3.49. The smallest absolute Gasteiger partial charge is 0.229 e. The highest BCUT2D eigenvalue weighted by molar-refractivity contribution is 7.92. The molecule has 0 aliphatic carbocycles. The lowest BCUT2D eigenvalue weighted by Crippen LogP contribution is -2.44. The van der Waals surface area contributed by atoms with Crippen molar-refractivity contribution in [2.24, 2.45) is 0 Å². The lowest BCUT2D eigenvalue weighted by Gasteiger charge is -2.37. The van der Waals surface area contributed by atoms with Crippen LogP contribution in [0.1, 0.15) is 22.3 Å². The van der Waals surface area contributed by atoms with Gasteiger partial charge in [-0.25, -0.2) is 12.8 Å². The van der Waals surface area contributed by atoms with Crippen molar-refractivity contribution in [2.45, 2.75) is 32.0 Å². The molecule has 4 rings (SSSR count). The Labute approximate surface area is 195 Å². The van der Waals surface area contributed by atoms with Crippen molar-refractivity contribution in [1.29, 1.82) is 0 Å². The molecule has 5 nitrogen and oxygen atoms in total. The molecule has 174 valence electrons. The van der Waals surface area contributed by atoms with E-state index in [1.807, 2.05) is 30.3 Å². The van der Waals surface area contributed by atoms with E-state index in [1.165, 1.54) is 23.3 Å². The quantitative estimate of drug-likeness (QED) is 0.468. The number of benzene rings is 3. The number of nitrogens with zero attached hydrogens (tertiary/aromatic N) is 1. The molecule has 1 unspecified atom stereocenters. The molecule has 1 aliphatic rings. The van der Waals surface area contributed by atoms with Crippen LogP contribution >= 0.6 is 0 Å². The number of halogens is 1. The molecular formula is C26H30FN3O2S. The van der Waals surface area contributed by atoms with Gasteiger partial charge in [-0.15, -0.1) is 0 Å². The summed E-state index contributed by atoms with van der Waals surface area (Å²) in [6.07, 6.45) is 3.01. The highest BCUT2D eigenvalue weighted by Crippen LogP contribution is 2.25. The van der Waals surface area contributed by atoms with Crippen molar-refractivity contribution < 1.29 is 12.8 Å². The van der Waals surface area contributed by atoms with Crippen LogP contribution in [0.4, 0.5) is 10.1 Å². The maximum atomic E-state index is 13.3. The summed E-state index contributed by atoms with van der Waals surface area (Å²) < 4.78 is 38.8. The van der Waals surface area contributed by atoms with E-state index >= 15 is 0 Å². The van der Waals surface area contributed by atoms with Gasteiger partial charge in [0.1, 0.15) is 5.82 Å². The van der Waals surface area contributed by atoms with Crippen LogP contribution in [0.15, 0.2) is 72.8 Å². The molecule has 7 heteroatoms. The molecule has 1 heterocycles. The first-order valence-corrected chi connectivity index (χ1v) is 13.1. The number of rotatable bonds is 9. The molecule has 0 aromatic heterocycles. The van der Waals surface area contributed by atoms with E-state index in [0.29, 0.717) is 18.3 Å². The van der Waals surface area contributed by atoms with Gasteiger partial charge in [0.05, 0.1) is 6.26 Å². The molecule has 1 atom stereocenters. The van der Waals surface area contributed by atoms with Gasteiger partial charge in [-0.1, -0.05) is 48.5 Å².